The fraction of sp³-hybridized carbons (Fsp3) is 1.00. The summed E-state index contributed by atoms with van der Waals surface area (Å²) < 4.78 is 11.1. The molecule has 1 heterocycles. The van der Waals surface area contributed by atoms with Crippen molar-refractivity contribution in [1.82, 2.24) is 0 Å². The molecule has 2 rings (SSSR count). The van der Waals surface area contributed by atoms with E-state index in [0.717, 1.165) is 39.0 Å². The average molecular weight is 157 g/mol. The molecule has 11 heavy (non-hydrogen) atoms. The van der Waals surface area contributed by atoms with Gasteiger partial charge in [-0.2, -0.15) is 0 Å². The quantitative estimate of drug-likeness (QED) is 0.602. The van der Waals surface area contributed by atoms with Crippen LogP contribution in [0.3, 0.4) is 0 Å². The summed E-state index contributed by atoms with van der Waals surface area (Å²) in [6, 6.07) is 0. The van der Waals surface area contributed by atoms with Gasteiger partial charge in [0.15, 0.2) is 5.79 Å². The molecule has 0 amide bonds. The van der Waals surface area contributed by atoms with E-state index in [1.807, 2.05) is 0 Å². The number of rotatable bonds is 1. The lowest BCUT2D eigenvalue weighted by atomic mass is 10.1. The molecule has 2 N–H and O–H groups in total. The average Bonchev–Trinajstić information content (AvgIpc) is 2.62. The lowest BCUT2D eigenvalue weighted by Crippen LogP contribution is -2.27. The van der Waals surface area contributed by atoms with Gasteiger partial charge in [-0.3, -0.25) is 0 Å². The zero-order chi connectivity index (χ0) is 7.73. The molecule has 0 aromatic heterocycles. The summed E-state index contributed by atoms with van der Waals surface area (Å²) in [6.07, 6.45) is 3.20. The number of ether oxygens (including phenoxy) is 2. The van der Waals surface area contributed by atoms with Crippen molar-refractivity contribution >= 4 is 0 Å². The first-order chi connectivity index (χ1) is 5.35. The van der Waals surface area contributed by atoms with Crippen LogP contribution in [0.1, 0.15) is 19.3 Å². The highest BCUT2D eigenvalue weighted by molar-refractivity contribution is 4.86. The highest BCUT2D eigenvalue weighted by Crippen LogP contribution is 2.40. The summed E-state index contributed by atoms with van der Waals surface area (Å²) in [5, 5.41) is 0. The summed E-state index contributed by atoms with van der Waals surface area (Å²) in [6.45, 7) is 2.29. The Bertz CT molecular complexity index is 143. The molecule has 1 aliphatic heterocycles. The third-order valence-electron chi connectivity index (χ3n) is 2.68. The molecular weight excluding hydrogens is 142 g/mol. The number of hydrogen-bond acceptors (Lipinski definition) is 3. The third kappa shape index (κ3) is 1.28. The summed E-state index contributed by atoms with van der Waals surface area (Å²) in [7, 11) is 0. The molecule has 1 atom stereocenters. The van der Waals surface area contributed by atoms with Gasteiger partial charge in [0.1, 0.15) is 0 Å². The second kappa shape index (κ2) is 2.73. The first kappa shape index (κ1) is 7.53. The summed E-state index contributed by atoms with van der Waals surface area (Å²) >= 11 is 0. The smallest absolute Gasteiger partial charge is 0.168 e. The van der Waals surface area contributed by atoms with Gasteiger partial charge < -0.3 is 15.2 Å². The lowest BCUT2D eigenvalue weighted by molar-refractivity contribution is -0.152. The molecule has 0 aromatic rings. The molecule has 0 radical (unpaired) electrons. The molecule has 64 valence electrons. The minimum absolute atomic E-state index is 0.218. The van der Waals surface area contributed by atoms with Crippen molar-refractivity contribution in [3.8, 4) is 0 Å². The van der Waals surface area contributed by atoms with Crippen molar-refractivity contribution < 1.29 is 9.47 Å². The zero-order valence-electron chi connectivity index (χ0n) is 6.71. The Morgan fingerprint density at radius 3 is 2.64 bits per heavy atom. The van der Waals surface area contributed by atoms with Crippen molar-refractivity contribution in [3.05, 3.63) is 0 Å². The van der Waals surface area contributed by atoms with E-state index in [1.54, 1.807) is 0 Å². The Hall–Kier alpha value is -0.120. The van der Waals surface area contributed by atoms with E-state index >= 15 is 0 Å². The van der Waals surface area contributed by atoms with Crippen molar-refractivity contribution in [2.45, 2.75) is 25.0 Å². The van der Waals surface area contributed by atoms with E-state index in [9.17, 15) is 0 Å². The van der Waals surface area contributed by atoms with E-state index in [4.69, 9.17) is 15.2 Å². The fourth-order valence-electron chi connectivity index (χ4n) is 2.03. The molecule has 3 heteroatoms. The molecule has 1 saturated heterocycles. The van der Waals surface area contributed by atoms with Crippen LogP contribution >= 0.6 is 0 Å². The molecule has 2 fully saturated rings. The Morgan fingerprint density at radius 2 is 2.09 bits per heavy atom. The van der Waals surface area contributed by atoms with Crippen molar-refractivity contribution in [3.63, 3.8) is 0 Å². The maximum absolute atomic E-state index is 5.57. The second-order valence-electron chi connectivity index (χ2n) is 3.45. The standard InChI is InChI=1S/C8H15NO2/c9-6-7-1-2-8(5-7)10-3-4-11-8/h7H,1-6,9H2. The van der Waals surface area contributed by atoms with Gasteiger partial charge in [-0.25, -0.2) is 0 Å². The van der Waals surface area contributed by atoms with Crippen LogP contribution in [0.2, 0.25) is 0 Å². The highest BCUT2D eigenvalue weighted by atomic mass is 16.7. The van der Waals surface area contributed by atoms with E-state index in [0.29, 0.717) is 5.92 Å². The molecule has 0 bridgehead atoms. The van der Waals surface area contributed by atoms with Crippen LogP contribution in [0.5, 0.6) is 0 Å². The van der Waals surface area contributed by atoms with Crippen molar-refractivity contribution in [2.24, 2.45) is 11.7 Å². The van der Waals surface area contributed by atoms with E-state index in [-0.39, 0.29) is 5.79 Å². The van der Waals surface area contributed by atoms with Crippen LogP contribution in [0.15, 0.2) is 0 Å². The van der Waals surface area contributed by atoms with Gasteiger partial charge in [-0.05, 0) is 18.9 Å². The van der Waals surface area contributed by atoms with E-state index in [2.05, 4.69) is 0 Å². The third-order valence-corrected chi connectivity index (χ3v) is 2.68. The second-order valence-corrected chi connectivity index (χ2v) is 3.45. The summed E-state index contributed by atoms with van der Waals surface area (Å²) in [5.41, 5.74) is 5.57. The van der Waals surface area contributed by atoms with E-state index in [1.165, 1.54) is 0 Å². The van der Waals surface area contributed by atoms with Crippen LogP contribution < -0.4 is 5.73 Å². The normalized spacial score (nSPS) is 35.2. The van der Waals surface area contributed by atoms with Crippen LogP contribution in [0, 0.1) is 5.92 Å². The Kier molecular flexibility index (Phi) is 1.87. The largest absolute Gasteiger partial charge is 0.348 e. The SMILES string of the molecule is NCC1CCC2(C1)OCCO2. The first-order valence-electron chi connectivity index (χ1n) is 4.33. The van der Waals surface area contributed by atoms with Crippen LogP contribution in [-0.2, 0) is 9.47 Å². The number of nitrogens with two attached hydrogens (primary N) is 1. The molecular formula is C8H15NO2. The fourth-order valence-corrected chi connectivity index (χ4v) is 2.03. The van der Waals surface area contributed by atoms with Gasteiger partial charge in [-0.1, -0.05) is 0 Å². The molecule has 1 saturated carbocycles. The van der Waals surface area contributed by atoms with Crippen LogP contribution in [0.25, 0.3) is 0 Å². The maximum Gasteiger partial charge on any atom is 0.168 e. The topological polar surface area (TPSA) is 44.5 Å². The van der Waals surface area contributed by atoms with E-state index < -0.39 is 0 Å². The molecule has 1 aliphatic carbocycles. The predicted octanol–water partition coefficient (Wildman–Crippen LogP) is 0.488. The van der Waals surface area contributed by atoms with Gasteiger partial charge in [-0.15, -0.1) is 0 Å². The molecule has 1 spiro atoms. The van der Waals surface area contributed by atoms with Gasteiger partial charge >= 0.3 is 0 Å². The Morgan fingerprint density at radius 1 is 1.36 bits per heavy atom. The number of hydrogen-bond donors (Lipinski definition) is 1. The molecule has 3 nitrogen and oxygen atoms in total. The lowest BCUT2D eigenvalue weighted by Gasteiger charge is -2.21. The Balaban J connectivity index is 1.96. The van der Waals surface area contributed by atoms with Gasteiger partial charge in [0.05, 0.1) is 13.2 Å². The van der Waals surface area contributed by atoms with Crippen molar-refractivity contribution in [2.75, 3.05) is 19.8 Å². The minimum atomic E-state index is -0.218. The molecule has 1 unspecified atom stereocenters. The summed E-state index contributed by atoms with van der Waals surface area (Å²) in [4.78, 5) is 0. The van der Waals surface area contributed by atoms with Crippen LogP contribution in [0.4, 0.5) is 0 Å². The van der Waals surface area contributed by atoms with Crippen molar-refractivity contribution in [1.29, 1.82) is 0 Å². The monoisotopic (exact) mass is 157 g/mol. The highest BCUT2D eigenvalue weighted by Gasteiger charge is 2.43. The van der Waals surface area contributed by atoms with Gasteiger partial charge in [0, 0.05) is 12.8 Å². The molecule has 2 aliphatic rings. The summed E-state index contributed by atoms with van der Waals surface area (Å²) in [5.74, 6) is 0.400. The van der Waals surface area contributed by atoms with Gasteiger partial charge in [0.25, 0.3) is 0 Å². The predicted molar refractivity (Wildman–Crippen MR) is 41.0 cm³/mol. The molecule has 0 aromatic carbocycles. The van der Waals surface area contributed by atoms with Crippen LogP contribution in [-0.4, -0.2) is 25.5 Å². The Labute approximate surface area is 66.8 Å². The minimum Gasteiger partial charge on any atom is -0.348 e. The first-order valence-corrected chi connectivity index (χ1v) is 4.33. The zero-order valence-corrected chi connectivity index (χ0v) is 6.71. The van der Waals surface area contributed by atoms with Gasteiger partial charge in [0.2, 0.25) is 0 Å². The maximum atomic E-state index is 5.57.